The first-order valence-corrected chi connectivity index (χ1v) is 9.64. The number of nitrogens with zero attached hydrogens (tertiary/aromatic N) is 3. The molecule has 0 aliphatic carbocycles. The zero-order valence-corrected chi connectivity index (χ0v) is 16.9. The number of unbranched alkanes of at least 4 members (excludes halogenated alkanes) is 1. The Morgan fingerprint density at radius 2 is 2.15 bits per heavy atom. The normalized spacial score (nSPS) is 10.3. The highest BCUT2D eigenvalue weighted by Gasteiger charge is 2.14. The largest absolute Gasteiger partial charge is 0.494 e. The molecule has 8 nitrogen and oxygen atoms in total. The Labute approximate surface area is 170 Å². The second kappa shape index (κ2) is 9.49. The second-order valence-electron chi connectivity index (χ2n) is 5.36. The molecule has 0 saturated carbocycles. The monoisotopic (exact) mass is 426 g/mol. The van der Waals surface area contributed by atoms with Crippen molar-refractivity contribution in [1.82, 2.24) is 9.97 Å². The highest BCUT2D eigenvalue weighted by atomic mass is 35.5. The van der Waals surface area contributed by atoms with Crippen LogP contribution in [0.25, 0.3) is 10.2 Å². The Bertz CT molecular complexity index is 951. The van der Waals surface area contributed by atoms with Crippen molar-refractivity contribution < 1.29 is 9.53 Å². The van der Waals surface area contributed by atoms with Crippen molar-refractivity contribution in [2.75, 3.05) is 11.9 Å². The molecule has 0 saturated heterocycles. The summed E-state index contributed by atoms with van der Waals surface area (Å²) in [7, 11) is 0. The van der Waals surface area contributed by atoms with Gasteiger partial charge in [0.2, 0.25) is 5.13 Å². The fourth-order valence-corrected chi connectivity index (χ4v) is 3.65. The van der Waals surface area contributed by atoms with E-state index in [2.05, 4.69) is 27.2 Å². The summed E-state index contributed by atoms with van der Waals surface area (Å²) in [4.78, 5) is 24.6. The Kier molecular flexibility index (Phi) is 7.34. The number of anilines is 1. The van der Waals surface area contributed by atoms with Gasteiger partial charge < -0.3 is 16.2 Å². The van der Waals surface area contributed by atoms with Gasteiger partial charge in [0.25, 0.3) is 5.91 Å². The van der Waals surface area contributed by atoms with Gasteiger partial charge in [-0.1, -0.05) is 24.7 Å². The van der Waals surface area contributed by atoms with Crippen molar-refractivity contribution in [1.29, 1.82) is 0 Å². The molecule has 0 aliphatic rings. The van der Waals surface area contributed by atoms with Crippen LogP contribution in [0.4, 0.5) is 10.3 Å². The van der Waals surface area contributed by atoms with Crippen LogP contribution in [-0.4, -0.2) is 28.4 Å². The molecule has 2 aromatic heterocycles. The summed E-state index contributed by atoms with van der Waals surface area (Å²) in [6.45, 7) is 2.81. The number of nitrogens with one attached hydrogen (secondary N) is 1. The van der Waals surface area contributed by atoms with E-state index in [1.807, 2.05) is 18.2 Å². The molecule has 144 valence electrons. The topological polar surface area (TPSA) is 129 Å². The molecule has 2 heterocycles. The minimum Gasteiger partial charge on any atom is -0.494 e. The molecular weight excluding hydrogens is 408 g/mol. The molecule has 3 aromatic rings. The van der Waals surface area contributed by atoms with Crippen LogP contribution < -0.4 is 21.5 Å². The maximum absolute atomic E-state index is 12.3. The highest BCUT2D eigenvalue weighted by Crippen LogP contribution is 2.30. The minimum atomic E-state index is -0.364. The summed E-state index contributed by atoms with van der Waals surface area (Å²) in [6.07, 6.45) is 2.10. The molecule has 0 unspecified atom stereocenters. The number of halogens is 1. The lowest BCUT2D eigenvalue weighted by Crippen LogP contribution is -2.21. The minimum absolute atomic E-state index is 0. The molecule has 0 aliphatic heterocycles. The Morgan fingerprint density at radius 1 is 1.33 bits per heavy atom. The van der Waals surface area contributed by atoms with Gasteiger partial charge in [-0.2, -0.15) is 4.99 Å². The van der Waals surface area contributed by atoms with Crippen LogP contribution in [0.15, 0.2) is 28.6 Å². The number of hydrogen-bond donors (Lipinski definition) is 3. The number of carbonyl (C=O) groups is 1. The number of aliphatic imine (C=N–C) groups is 1. The molecule has 5 N–H and O–H groups in total. The van der Waals surface area contributed by atoms with Gasteiger partial charge in [-0.15, -0.1) is 23.7 Å². The van der Waals surface area contributed by atoms with Gasteiger partial charge in [-0.25, -0.2) is 9.97 Å². The maximum Gasteiger partial charge on any atom is 0.276 e. The maximum atomic E-state index is 12.3. The number of thiazole rings is 2. The van der Waals surface area contributed by atoms with Crippen LogP contribution in [0.2, 0.25) is 0 Å². The van der Waals surface area contributed by atoms with E-state index in [9.17, 15) is 4.79 Å². The quantitative estimate of drug-likeness (QED) is 0.301. The van der Waals surface area contributed by atoms with Gasteiger partial charge in [0, 0.05) is 5.38 Å². The van der Waals surface area contributed by atoms with Crippen LogP contribution in [0, 0.1) is 0 Å². The first-order valence-electron chi connectivity index (χ1n) is 7.95. The number of fused-ring (bicyclic) bond motifs is 1. The number of nitrogens with two attached hydrogens (primary N) is 2. The Hall–Kier alpha value is -2.43. The molecule has 27 heavy (non-hydrogen) atoms. The van der Waals surface area contributed by atoms with Crippen LogP contribution >= 0.6 is 35.1 Å². The summed E-state index contributed by atoms with van der Waals surface area (Å²) in [5, 5.41) is 5.15. The number of hydrogen-bond acceptors (Lipinski definition) is 7. The molecule has 0 radical (unpaired) electrons. The van der Waals surface area contributed by atoms with Crippen molar-refractivity contribution >= 4 is 67.4 Å². The first-order chi connectivity index (χ1) is 12.5. The molecule has 0 bridgehead atoms. The smallest absolute Gasteiger partial charge is 0.276 e. The summed E-state index contributed by atoms with van der Waals surface area (Å²) in [6, 6.07) is 5.69. The van der Waals surface area contributed by atoms with E-state index < -0.39 is 0 Å². The van der Waals surface area contributed by atoms with Crippen molar-refractivity contribution in [3.05, 3.63) is 29.3 Å². The van der Waals surface area contributed by atoms with Crippen LogP contribution in [0.3, 0.4) is 0 Å². The van der Waals surface area contributed by atoms with E-state index in [1.54, 1.807) is 5.38 Å². The number of benzene rings is 1. The van der Waals surface area contributed by atoms with E-state index >= 15 is 0 Å². The van der Waals surface area contributed by atoms with Crippen molar-refractivity contribution in [3.63, 3.8) is 0 Å². The van der Waals surface area contributed by atoms with Crippen molar-refractivity contribution in [3.8, 4) is 5.75 Å². The fraction of sp³-hybridized carbons (Fsp3) is 0.250. The standard InChI is InChI=1S/C16H18N6O2S2.ClH/c1-2-3-6-24-9-4-5-10-12(7-9)26-16(19-10)21-13(23)11-8-25-15(20-11)22-14(17)18;/h4-5,7-8H,2-3,6H2,1H3,(H,19,21,23)(H4,17,18,20,22);1H. The molecule has 1 amide bonds. The molecule has 0 fully saturated rings. The zero-order chi connectivity index (χ0) is 18.5. The van der Waals surface area contributed by atoms with E-state index in [1.165, 1.54) is 22.7 Å². The first kappa shape index (κ1) is 20.9. The molecule has 0 atom stereocenters. The number of ether oxygens (including phenoxy) is 1. The van der Waals surface area contributed by atoms with Crippen molar-refractivity contribution in [2.45, 2.75) is 19.8 Å². The summed E-state index contributed by atoms with van der Waals surface area (Å²) in [5.41, 5.74) is 11.6. The average molecular weight is 427 g/mol. The SMILES string of the molecule is CCCCOc1ccc2nc(NC(=O)c3csc(N=C(N)N)n3)sc2c1.Cl. The van der Waals surface area contributed by atoms with Gasteiger partial charge >= 0.3 is 0 Å². The highest BCUT2D eigenvalue weighted by molar-refractivity contribution is 7.22. The number of rotatable bonds is 7. The predicted molar refractivity (Wildman–Crippen MR) is 113 cm³/mol. The van der Waals surface area contributed by atoms with Gasteiger partial charge in [0.05, 0.1) is 16.8 Å². The summed E-state index contributed by atoms with van der Waals surface area (Å²) >= 11 is 2.56. The molecule has 1 aromatic carbocycles. The van der Waals surface area contributed by atoms with Gasteiger partial charge in [0.1, 0.15) is 11.4 Å². The van der Waals surface area contributed by atoms with Crippen LogP contribution in [-0.2, 0) is 0 Å². The number of carbonyl (C=O) groups excluding carboxylic acids is 1. The molecule has 3 rings (SSSR count). The number of amides is 1. The number of guanidine groups is 1. The predicted octanol–water partition coefficient (Wildman–Crippen LogP) is 3.51. The van der Waals surface area contributed by atoms with E-state index in [4.69, 9.17) is 16.2 Å². The van der Waals surface area contributed by atoms with Crippen LogP contribution in [0.1, 0.15) is 30.3 Å². The molecular formula is C16H19ClN6O2S2. The third-order valence-electron chi connectivity index (χ3n) is 3.30. The number of aromatic nitrogens is 2. The van der Waals surface area contributed by atoms with E-state index in [-0.39, 0.29) is 30.0 Å². The van der Waals surface area contributed by atoms with E-state index in [0.717, 1.165) is 28.8 Å². The summed E-state index contributed by atoms with van der Waals surface area (Å²) in [5.74, 6) is 0.333. The van der Waals surface area contributed by atoms with E-state index in [0.29, 0.717) is 16.9 Å². The third kappa shape index (κ3) is 5.52. The lowest BCUT2D eigenvalue weighted by molar-refractivity contribution is 0.102. The summed E-state index contributed by atoms with van der Waals surface area (Å²) < 4.78 is 6.64. The van der Waals surface area contributed by atoms with Crippen molar-refractivity contribution in [2.24, 2.45) is 16.5 Å². The second-order valence-corrected chi connectivity index (χ2v) is 7.22. The molecule has 11 heteroatoms. The average Bonchev–Trinajstić information content (AvgIpc) is 3.20. The van der Waals surface area contributed by atoms with Gasteiger partial charge in [0.15, 0.2) is 11.1 Å². The molecule has 0 spiro atoms. The third-order valence-corrected chi connectivity index (χ3v) is 4.96. The lowest BCUT2D eigenvalue weighted by Gasteiger charge is -2.04. The Balaban J connectivity index is 0.00000261. The van der Waals surface area contributed by atoms with Gasteiger partial charge in [-0.05, 0) is 24.6 Å². The van der Waals surface area contributed by atoms with Gasteiger partial charge in [-0.3, -0.25) is 10.1 Å². The zero-order valence-electron chi connectivity index (χ0n) is 14.5. The Morgan fingerprint density at radius 3 is 2.89 bits per heavy atom. The lowest BCUT2D eigenvalue weighted by atomic mass is 10.3. The fourth-order valence-electron chi connectivity index (χ4n) is 2.07. The van der Waals surface area contributed by atoms with Crippen LogP contribution in [0.5, 0.6) is 5.75 Å².